The second-order valence-corrected chi connectivity index (χ2v) is 4.05. The van der Waals surface area contributed by atoms with Gasteiger partial charge in [0.1, 0.15) is 18.2 Å². The third-order valence-corrected chi connectivity index (χ3v) is 2.51. The van der Waals surface area contributed by atoms with E-state index in [2.05, 4.69) is 4.98 Å². The first-order valence-corrected chi connectivity index (χ1v) is 5.65. The van der Waals surface area contributed by atoms with Crippen molar-refractivity contribution >= 4 is 0 Å². The van der Waals surface area contributed by atoms with Gasteiger partial charge in [0.25, 0.3) is 0 Å². The Hall–Kier alpha value is -1.94. The summed E-state index contributed by atoms with van der Waals surface area (Å²) in [6.07, 6.45) is 2.17. The quantitative estimate of drug-likeness (QED) is 0.903. The molecule has 2 rings (SSSR count). The lowest BCUT2D eigenvalue weighted by Gasteiger charge is -2.09. The van der Waals surface area contributed by atoms with E-state index in [-0.39, 0.29) is 12.4 Å². The van der Waals surface area contributed by atoms with Crippen molar-refractivity contribution < 1.29 is 14.2 Å². The fraction of sp³-hybridized carbons (Fsp3) is 0.214. The Morgan fingerprint density at radius 1 is 1.33 bits per heavy atom. The summed E-state index contributed by atoms with van der Waals surface area (Å²) in [7, 11) is 0. The van der Waals surface area contributed by atoms with Gasteiger partial charge in [-0.1, -0.05) is 12.1 Å². The Bertz CT molecular complexity index is 529. The van der Waals surface area contributed by atoms with Crippen molar-refractivity contribution in [1.29, 1.82) is 0 Å². The normalized spacial score (nSPS) is 12.2. The van der Waals surface area contributed by atoms with Crippen LogP contribution in [0, 0.1) is 5.82 Å². The Kier molecular flexibility index (Phi) is 3.89. The molecular weight excluding hydrogens is 233 g/mol. The van der Waals surface area contributed by atoms with E-state index in [4.69, 9.17) is 4.74 Å². The summed E-state index contributed by atoms with van der Waals surface area (Å²) in [5.74, 6) is 0.256. The zero-order valence-electron chi connectivity index (χ0n) is 10.0. The first kappa shape index (κ1) is 12.5. The molecule has 0 aliphatic carbocycles. The molecule has 0 fully saturated rings. The average Bonchev–Trinajstić information content (AvgIpc) is 2.37. The molecule has 1 aromatic heterocycles. The Morgan fingerprint density at radius 2 is 2.17 bits per heavy atom. The molecule has 0 amide bonds. The van der Waals surface area contributed by atoms with E-state index >= 15 is 0 Å². The molecule has 0 radical (unpaired) electrons. The van der Waals surface area contributed by atoms with E-state index in [0.29, 0.717) is 11.3 Å². The lowest BCUT2D eigenvalue weighted by atomic mass is 10.1. The fourth-order valence-electron chi connectivity index (χ4n) is 1.57. The minimum Gasteiger partial charge on any atom is -0.489 e. The highest BCUT2D eigenvalue weighted by atomic mass is 19.1. The van der Waals surface area contributed by atoms with Crippen LogP contribution in [0.15, 0.2) is 42.7 Å². The van der Waals surface area contributed by atoms with Crippen LogP contribution in [-0.4, -0.2) is 10.1 Å². The van der Waals surface area contributed by atoms with Crippen LogP contribution in [-0.2, 0) is 6.61 Å². The van der Waals surface area contributed by atoms with Crippen LogP contribution in [0.3, 0.4) is 0 Å². The first-order chi connectivity index (χ1) is 8.65. The molecule has 1 N–H and O–H groups in total. The summed E-state index contributed by atoms with van der Waals surface area (Å²) in [4.78, 5) is 3.75. The number of hydrogen-bond donors (Lipinski definition) is 1. The van der Waals surface area contributed by atoms with Crippen LogP contribution in [0.5, 0.6) is 5.75 Å². The number of rotatable bonds is 4. The van der Waals surface area contributed by atoms with E-state index in [1.54, 1.807) is 31.3 Å². The maximum atomic E-state index is 12.9. The highest BCUT2D eigenvalue weighted by Gasteiger charge is 2.03. The van der Waals surface area contributed by atoms with Crippen LogP contribution >= 0.6 is 0 Å². The van der Waals surface area contributed by atoms with Gasteiger partial charge in [0, 0.05) is 11.8 Å². The number of pyridine rings is 1. The molecule has 0 aliphatic heterocycles. The van der Waals surface area contributed by atoms with Crippen molar-refractivity contribution in [2.75, 3.05) is 0 Å². The lowest BCUT2D eigenvalue weighted by molar-refractivity contribution is 0.198. The number of nitrogens with zero attached hydrogens (tertiary/aromatic N) is 1. The summed E-state index contributed by atoms with van der Waals surface area (Å²) in [5, 5.41) is 9.45. The maximum Gasteiger partial charge on any atom is 0.141 e. The number of hydrogen-bond acceptors (Lipinski definition) is 3. The van der Waals surface area contributed by atoms with Gasteiger partial charge in [-0.15, -0.1) is 0 Å². The Morgan fingerprint density at radius 3 is 2.89 bits per heavy atom. The topological polar surface area (TPSA) is 42.4 Å². The van der Waals surface area contributed by atoms with Crippen LogP contribution in [0.1, 0.15) is 24.2 Å². The molecule has 0 aliphatic rings. The van der Waals surface area contributed by atoms with Gasteiger partial charge in [0.2, 0.25) is 0 Å². The SMILES string of the molecule is CC(O)c1cccc(OCc2cncc(F)c2)c1. The molecule has 1 atom stereocenters. The smallest absolute Gasteiger partial charge is 0.141 e. The summed E-state index contributed by atoms with van der Waals surface area (Å²) in [6.45, 7) is 1.93. The van der Waals surface area contributed by atoms with Gasteiger partial charge in [-0.05, 0) is 30.7 Å². The zero-order valence-corrected chi connectivity index (χ0v) is 10.0. The fourth-order valence-corrected chi connectivity index (χ4v) is 1.57. The van der Waals surface area contributed by atoms with Gasteiger partial charge in [-0.25, -0.2) is 4.39 Å². The number of aromatic nitrogens is 1. The number of ether oxygens (including phenoxy) is 1. The van der Waals surface area contributed by atoms with E-state index in [1.165, 1.54) is 6.07 Å². The highest BCUT2D eigenvalue weighted by molar-refractivity contribution is 5.29. The largest absolute Gasteiger partial charge is 0.489 e. The molecule has 0 bridgehead atoms. The third-order valence-electron chi connectivity index (χ3n) is 2.51. The van der Waals surface area contributed by atoms with Gasteiger partial charge in [0.05, 0.1) is 12.3 Å². The second-order valence-electron chi connectivity index (χ2n) is 4.05. The molecule has 0 saturated carbocycles. The van der Waals surface area contributed by atoms with E-state index in [1.807, 2.05) is 6.07 Å². The minimum absolute atomic E-state index is 0.244. The van der Waals surface area contributed by atoms with Crippen LogP contribution in [0.4, 0.5) is 4.39 Å². The van der Waals surface area contributed by atoms with Crippen LogP contribution in [0.25, 0.3) is 0 Å². The van der Waals surface area contributed by atoms with Crippen LogP contribution < -0.4 is 4.74 Å². The molecule has 1 aromatic carbocycles. The number of aliphatic hydroxyl groups is 1. The highest BCUT2D eigenvalue weighted by Crippen LogP contribution is 2.19. The number of halogens is 1. The Balaban J connectivity index is 2.04. The molecule has 4 heteroatoms. The molecule has 18 heavy (non-hydrogen) atoms. The van der Waals surface area contributed by atoms with Gasteiger partial charge in [0.15, 0.2) is 0 Å². The van der Waals surface area contributed by atoms with Gasteiger partial charge >= 0.3 is 0 Å². The van der Waals surface area contributed by atoms with Crippen molar-refractivity contribution in [3.05, 3.63) is 59.7 Å². The molecule has 1 heterocycles. The van der Waals surface area contributed by atoms with E-state index < -0.39 is 6.10 Å². The van der Waals surface area contributed by atoms with Gasteiger partial charge in [-0.2, -0.15) is 0 Å². The van der Waals surface area contributed by atoms with Crippen molar-refractivity contribution in [3.8, 4) is 5.75 Å². The average molecular weight is 247 g/mol. The van der Waals surface area contributed by atoms with Crippen molar-refractivity contribution in [2.24, 2.45) is 0 Å². The zero-order chi connectivity index (χ0) is 13.0. The number of benzene rings is 1. The summed E-state index contributed by atoms with van der Waals surface area (Å²) >= 11 is 0. The summed E-state index contributed by atoms with van der Waals surface area (Å²) in [6, 6.07) is 8.56. The molecule has 0 saturated heterocycles. The van der Waals surface area contributed by atoms with Gasteiger partial charge < -0.3 is 9.84 Å². The standard InChI is InChI=1S/C14H14FNO2/c1-10(17)12-3-2-4-14(6-12)18-9-11-5-13(15)8-16-7-11/h2-8,10,17H,9H2,1H3. The van der Waals surface area contributed by atoms with E-state index in [9.17, 15) is 9.50 Å². The molecule has 1 unspecified atom stereocenters. The molecule has 2 aromatic rings. The Labute approximate surface area is 105 Å². The second kappa shape index (κ2) is 5.60. The molecule has 94 valence electrons. The van der Waals surface area contributed by atoms with E-state index in [0.717, 1.165) is 11.8 Å². The monoisotopic (exact) mass is 247 g/mol. The molecule has 3 nitrogen and oxygen atoms in total. The summed E-state index contributed by atoms with van der Waals surface area (Å²) < 4.78 is 18.4. The summed E-state index contributed by atoms with van der Waals surface area (Å²) in [5.41, 5.74) is 1.45. The van der Waals surface area contributed by atoms with Crippen LogP contribution in [0.2, 0.25) is 0 Å². The maximum absolute atomic E-state index is 12.9. The predicted octanol–water partition coefficient (Wildman–Crippen LogP) is 2.85. The van der Waals surface area contributed by atoms with Crippen molar-refractivity contribution in [1.82, 2.24) is 4.98 Å². The molecular formula is C14H14FNO2. The minimum atomic E-state index is -0.538. The van der Waals surface area contributed by atoms with Crippen molar-refractivity contribution in [2.45, 2.75) is 19.6 Å². The predicted molar refractivity (Wildman–Crippen MR) is 65.6 cm³/mol. The first-order valence-electron chi connectivity index (χ1n) is 5.65. The third kappa shape index (κ3) is 3.28. The lowest BCUT2D eigenvalue weighted by Crippen LogP contribution is -1.98. The molecule has 0 spiro atoms. The van der Waals surface area contributed by atoms with Gasteiger partial charge in [-0.3, -0.25) is 4.98 Å². The van der Waals surface area contributed by atoms with Crippen molar-refractivity contribution in [3.63, 3.8) is 0 Å². The number of aliphatic hydroxyl groups excluding tert-OH is 1.